The number of aliphatic hydroxyl groups is 1. The van der Waals surface area contributed by atoms with Crippen LogP contribution in [0.25, 0.3) is 0 Å². The number of carboxylic acid groups (broad SMARTS) is 1. The molecule has 0 aliphatic carbocycles. The molecule has 0 aromatic heterocycles. The minimum absolute atomic E-state index is 0.00253. The Hall–Kier alpha value is -2.62. The molecular formula is C22H31N5O8S2. The number of imide groups is 1. The fourth-order valence-corrected chi connectivity index (χ4v) is 6.66. The van der Waals surface area contributed by atoms with Crippen LogP contribution >= 0.6 is 23.5 Å². The van der Waals surface area contributed by atoms with Crippen LogP contribution in [0.15, 0.2) is 11.3 Å². The molecule has 0 aromatic carbocycles. The summed E-state index contributed by atoms with van der Waals surface area (Å²) in [4.78, 5) is 77.1. The summed E-state index contributed by atoms with van der Waals surface area (Å²) in [5, 5.41) is 24.3. The lowest BCUT2D eigenvalue weighted by Gasteiger charge is -2.49. The number of rotatable bonds is 9. The van der Waals surface area contributed by atoms with Gasteiger partial charge in [-0.25, -0.2) is 9.59 Å². The van der Waals surface area contributed by atoms with Gasteiger partial charge in [0.05, 0.1) is 28.8 Å². The van der Waals surface area contributed by atoms with E-state index in [4.69, 9.17) is 0 Å². The van der Waals surface area contributed by atoms with Crippen molar-refractivity contribution in [3.8, 4) is 0 Å². The first-order valence-corrected chi connectivity index (χ1v) is 13.7. The maximum atomic E-state index is 12.8. The molecule has 2 saturated heterocycles. The summed E-state index contributed by atoms with van der Waals surface area (Å²) in [6.07, 6.45) is -1.10. The number of nitrogens with zero attached hydrogens (tertiary/aromatic N) is 3. The van der Waals surface area contributed by atoms with Crippen LogP contribution in [0.1, 0.15) is 27.7 Å². The number of nitrogens with one attached hydrogen (secondary N) is 2. The number of carboxylic acids is 1. The van der Waals surface area contributed by atoms with Gasteiger partial charge < -0.3 is 20.4 Å². The van der Waals surface area contributed by atoms with Crippen molar-refractivity contribution < 1.29 is 39.0 Å². The van der Waals surface area contributed by atoms with E-state index in [-0.39, 0.29) is 53.4 Å². The van der Waals surface area contributed by atoms with E-state index in [0.29, 0.717) is 12.1 Å². The van der Waals surface area contributed by atoms with E-state index < -0.39 is 41.3 Å². The number of urea groups is 1. The van der Waals surface area contributed by atoms with Crippen LogP contribution in [-0.4, -0.2) is 115 Å². The molecule has 3 aliphatic heterocycles. The summed E-state index contributed by atoms with van der Waals surface area (Å²) in [7, 11) is 0. The Kier molecular flexibility index (Phi) is 9.26. The molecule has 5 atom stereocenters. The second-order valence-electron chi connectivity index (χ2n) is 8.91. The van der Waals surface area contributed by atoms with Gasteiger partial charge in [0, 0.05) is 38.9 Å². The third-order valence-electron chi connectivity index (χ3n) is 6.42. The lowest BCUT2D eigenvalue weighted by molar-refractivity contribution is -0.153. The Balaban J connectivity index is 1.76. The average Bonchev–Trinajstić information content (AvgIpc) is 2.85. The molecule has 0 radical (unpaired) electrons. The highest BCUT2D eigenvalue weighted by molar-refractivity contribution is 8.14. The number of hydrogen-bond acceptors (Lipinski definition) is 10. The molecule has 3 aliphatic rings. The minimum atomic E-state index is -1.29. The summed E-state index contributed by atoms with van der Waals surface area (Å²) in [5.41, 5.74) is 0.162. The molecule has 3 rings (SSSR count). The highest BCUT2D eigenvalue weighted by atomic mass is 32.2. The number of likely N-dealkylation sites (N-methyl/N-ethyl adjacent to an activating group) is 1. The molecule has 4 N–H and O–H groups in total. The normalized spacial score (nSPS) is 24.4. The highest BCUT2D eigenvalue weighted by Crippen LogP contribution is 2.45. The molecule has 13 nitrogen and oxygen atoms in total. The van der Waals surface area contributed by atoms with Gasteiger partial charge in [0.25, 0.3) is 0 Å². The van der Waals surface area contributed by atoms with E-state index in [1.54, 1.807) is 13.8 Å². The fourth-order valence-electron chi connectivity index (χ4n) is 4.29. The van der Waals surface area contributed by atoms with Crippen LogP contribution in [0.5, 0.6) is 0 Å². The van der Waals surface area contributed by atoms with Crippen molar-refractivity contribution in [3.63, 3.8) is 0 Å². The maximum Gasteiger partial charge on any atom is 0.352 e. The largest absolute Gasteiger partial charge is 0.477 e. The number of carbonyl (C=O) groups excluding carboxylic acids is 5. The lowest BCUT2D eigenvalue weighted by Crippen LogP contribution is -2.62. The van der Waals surface area contributed by atoms with Crippen LogP contribution < -0.4 is 10.6 Å². The van der Waals surface area contributed by atoms with Crippen molar-refractivity contribution in [2.45, 2.75) is 50.6 Å². The van der Waals surface area contributed by atoms with Crippen molar-refractivity contribution in [1.82, 2.24) is 25.3 Å². The van der Waals surface area contributed by atoms with Crippen LogP contribution in [0.2, 0.25) is 0 Å². The van der Waals surface area contributed by atoms with Crippen molar-refractivity contribution in [2.75, 3.05) is 31.9 Å². The number of fused-ring (bicyclic) bond motifs is 1. The van der Waals surface area contributed by atoms with Crippen LogP contribution in [0, 0.1) is 5.92 Å². The third kappa shape index (κ3) is 5.94. The monoisotopic (exact) mass is 557 g/mol. The maximum absolute atomic E-state index is 12.8. The van der Waals surface area contributed by atoms with Gasteiger partial charge in [-0.15, -0.1) is 11.8 Å². The van der Waals surface area contributed by atoms with E-state index in [9.17, 15) is 39.0 Å². The lowest BCUT2D eigenvalue weighted by atomic mass is 9.97. The van der Waals surface area contributed by atoms with Gasteiger partial charge in [-0.05, 0) is 19.4 Å². The first-order chi connectivity index (χ1) is 17.4. The zero-order chi connectivity index (χ0) is 27.6. The van der Waals surface area contributed by atoms with Crippen LogP contribution in [-0.2, 0) is 24.0 Å². The standard InChI is InChI=1S/C22H31N5O8S2/c1-5-25-6-7-26(19(32)18(25)31)22(35)24-14(11(3)28)8-23-16(37-12(4)29)13-9-36-20-10(2)17(30)27(20)15(13)21(33)34/h10-11,14,16,20,23,28H,5-9H2,1-4H3,(H,24,35)(H,33,34)/t10-,11-,14+,16?,20+/m0/s1. The van der Waals surface area contributed by atoms with Crippen LogP contribution in [0.3, 0.4) is 0 Å². The Morgan fingerprint density at radius 1 is 1.19 bits per heavy atom. The van der Waals surface area contributed by atoms with E-state index in [2.05, 4.69) is 10.6 Å². The van der Waals surface area contributed by atoms with Gasteiger partial charge in [-0.3, -0.25) is 34.3 Å². The van der Waals surface area contributed by atoms with Gasteiger partial charge >= 0.3 is 23.8 Å². The second-order valence-corrected chi connectivity index (χ2v) is 11.3. The number of β-lactam (4-membered cyclic amide) rings is 1. The van der Waals surface area contributed by atoms with Crippen molar-refractivity contribution in [1.29, 1.82) is 0 Å². The zero-order valence-corrected chi connectivity index (χ0v) is 22.6. The van der Waals surface area contributed by atoms with Gasteiger partial charge in [0.1, 0.15) is 5.70 Å². The molecule has 0 aromatic rings. The Bertz CT molecular complexity index is 1030. The molecule has 1 unspecified atom stereocenters. The smallest absolute Gasteiger partial charge is 0.352 e. The van der Waals surface area contributed by atoms with E-state index in [1.165, 1.54) is 35.4 Å². The predicted octanol–water partition coefficient (Wildman–Crippen LogP) is -0.779. The summed E-state index contributed by atoms with van der Waals surface area (Å²) in [6.45, 7) is 6.64. The number of aliphatic carboxylic acids is 1. The third-order valence-corrected chi connectivity index (χ3v) is 8.87. The Labute approximate surface area is 222 Å². The highest BCUT2D eigenvalue weighted by Gasteiger charge is 2.52. The van der Waals surface area contributed by atoms with Gasteiger partial charge in [-0.1, -0.05) is 18.7 Å². The number of piperazine rings is 1. The van der Waals surface area contributed by atoms with Gasteiger partial charge in [-0.2, -0.15) is 0 Å². The number of hydrogen-bond donors (Lipinski definition) is 4. The van der Waals surface area contributed by atoms with Crippen molar-refractivity contribution in [2.24, 2.45) is 5.92 Å². The molecule has 0 spiro atoms. The van der Waals surface area contributed by atoms with Crippen molar-refractivity contribution in [3.05, 3.63) is 11.3 Å². The summed E-state index contributed by atoms with van der Waals surface area (Å²) < 4.78 is 0. The zero-order valence-electron chi connectivity index (χ0n) is 20.9. The molecule has 0 bridgehead atoms. The molecule has 5 amide bonds. The Morgan fingerprint density at radius 2 is 1.86 bits per heavy atom. The summed E-state index contributed by atoms with van der Waals surface area (Å²) >= 11 is 2.23. The molecule has 3 heterocycles. The molecule has 15 heteroatoms. The first-order valence-electron chi connectivity index (χ1n) is 11.8. The SMILES string of the molecule is CCN1CCN(C(=O)N[C@H](CNC(SC(C)=O)C2=C(C(=O)O)N3C(=O)[C@H](C)[C@H]3SC2)[C@H](C)O)C(=O)C1=O. The number of carbonyl (C=O) groups is 6. The Morgan fingerprint density at radius 3 is 2.43 bits per heavy atom. The predicted molar refractivity (Wildman–Crippen MR) is 135 cm³/mol. The minimum Gasteiger partial charge on any atom is -0.477 e. The quantitative estimate of drug-likeness (QED) is 0.159. The summed E-state index contributed by atoms with van der Waals surface area (Å²) in [6, 6.07) is -1.79. The average molecular weight is 558 g/mol. The molecular weight excluding hydrogens is 526 g/mol. The first kappa shape index (κ1) is 28.9. The van der Waals surface area contributed by atoms with E-state index >= 15 is 0 Å². The van der Waals surface area contributed by atoms with E-state index in [0.717, 1.165) is 16.7 Å². The van der Waals surface area contributed by atoms with Crippen molar-refractivity contribution >= 4 is 58.4 Å². The van der Waals surface area contributed by atoms with Gasteiger partial charge in [0.15, 0.2) is 5.12 Å². The van der Waals surface area contributed by atoms with Crippen LogP contribution in [0.4, 0.5) is 4.79 Å². The number of aliphatic hydroxyl groups excluding tert-OH is 1. The van der Waals surface area contributed by atoms with E-state index in [1.807, 2.05) is 0 Å². The molecule has 204 valence electrons. The second kappa shape index (κ2) is 11.8. The fraction of sp³-hybridized carbons (Fsp3) is 0.636. The molecule has 37 heavy (non-hydrogen) atoms. The molecule has 2 fully saturated rings. The number of thioether (sulfide) groups is 2. The molecule has 0 saturated carbocycles. The van der Waals surface area contributed by atoms with Gasteiger partial charge in [0.2, 0.25) is 5.91 Å². The number of amides is 5. The topological polar surface area (TPSA) is 177 Å². The summed E-state index contributed by atoms with van der Waals surface area (Å²) in [5.74, 6) is -3.39.